The van der Waals surface area contributed by atoms with Crippen LogP contribution in [-0.4, -0.2) is 28.6 Å². The van der Waals surface area contributed by atoms with Gasteiger partial charge in [-0.05, 0) is 31.9 Å². The van der Waals surface area contributed by atoms with Crippen molar-refractivity contribution in [1.82, 2.24) is 4.90 Å². The van der Waals surface area contributed by atoms with Crippen LogP contribution in [0.3, 0.4) is 0 Å². The van der Waals surface area contributed by atoms with E-state index in [1.807, 2.05) is 13.8 Å². The van der Waals surface area contributed by atoms with E-state index in [1.54, 1.807) is 11.8 Å². The Morgan fingerprint density at radius 2 is 1.86 bits per heavy atom. The number of aliphatic carboxylic acids is 1. The smallest absolute Gasteiger partial charge is 0.416 e. The highest BCUT2D eigenvalue weighted by molar-refractivity contribution is 5.69. The molecule has 0 saturated carbocycles. The molecule has 21 heavy (non-hydrogen) atoms. The Hall–Kier alpha value is -1.56. The van der Waals surface area contributed by atoms with Crippen molar-refractivity contribution in [2.45, 2.75) is 45.5 Å². The van der Waals surface area contributed by atoms with Gasteiger partial charge < -0.3 is 5.11 Å². The van der Waals surface area contributed by atoms with Gasteiger partial charge in [-0.3, -0.25) is 9.69 Å². The van der Waals surface area contributed by atoms with Crippen molar-refractivity contribution in [2.75, 3.05) is 6.54 Å². The van der Waals surface area contributed by atoms with Crippen LogP contribution in [0.2, 0.25) is 0 Å². The lowest BCUT2D eigenvalue weighted by molar-refractivity contribution is -0.140. The summed E-state index contributed by atoms with van der Waals surface area (Å²) in [5, 5.41) is 8.99. The Labute approximate surface area is 122 Å². The maximum absolute atomic E-state index is 13.1. The van der Waals surface area contributed by atoms with E-state index in [2.05, 4.69) is 0 Å². The van der Waals surface area contributed by atoms with Crippen LogP contribution >= 0.6 is 0 Å². The summed E-state index contributed by atoms with van der Waals surface area (Å²) in [5.41, 5.74) is -0.609. The van der Waals surface area contributed by atoms with Crippen LogP contribution in [0.15, 0.2) is 24.3 Å². The maximum atomic E-state index is 13.1. The number of carbonyl (C=O) groups is 1. The number of hydrogen-bond donors (Lipinski definition) is 1. The number of alkyl halides is 3. The second kappa shape index (κ2) is 6.93. The molecule has 0 amide bonds. The summed E-state index contributed by atoms with van der Waals surface area (Å²) in [6.07, 6.45) is -3.79. The molecule has 2 atom stereocenters. The third kappa shape index (κ3) is 4.46. The quantitative estimate of drug-likeness (QED) is 0.865. The summed E-state index contributed by atoms with van der Waals surface area (Å²) >= 11 is 0. The Morgan fingerprint density at radius 3 is 2.33 bits per heavy atom. The maximum Gasteiger partial charge on any atom is 0.416 e. The molecule has 0 bridgehead atoms. The van der Waals surface area contributed by atoms with Gasteiger partial charge in [0.05, 0.1) is 12.1 Å². The Morgan fingerprint density at radius 1 is 1.29 bits per heavy atom. The van der Waals surface area contributed by atoms with E-state index >= 15 is 0 Å². The van der Waals surface area contributed by atoms with Crippen molar-refractivity contribution in [3.05, 3.63) is 35.4 Å². The number of hydrogen-bond acceptors (Lipinski definition) is 2. The summed E-state index contributed by atoms with van der Waals surface area (Å²) in [4.78, 5) is 12.6. The number of rotatable bonds is 6. The van der Waals surface area contributed by atoms with Gasteiger partial charge in [-0.1, -0.05) is 25.1 Å². The third-order valence-corrected chi connectivity index (χ3v) is 3.69. The second-order valence-corrected chi connectivity index (χ2v) is 5.08. The number of halogens is 3. The molecule has 118 valence electrons. The molecule has 2 unspecified atom stereocenters. The molecule has 1 aromatic carbocycles. The molecule has 0 saturated heterocycles. The third-order valence-electron chi connectivity index (χ3n) is 3.69. The molecule has 1 N–H and O–H groups in total. The molecule has 0 aromatic heterocycles. The van der Waals surface area contributed by atoms with Crippen LogP contribution in [0.1, 0.15) is 44.4 Å². The fourth-order valence-electron chi connectivity index (χ4n) is 2.36. The van der Waals surface area contributed by atoms with E-state index in [9.17, 15) is 18.0 Å². The van der Waals surface area contributed by atoms with Gasteiger partial charge >= 0.3 is 12.1 Å². The minimum Gasteiger partial charge on any atom is -0.480 e. The fraction of sp³-hybridized carbons (Fsp3) is 0.533. The van der Waals surface area contributed by atoms with E-state index in [0.717, 1.165) is 6.07 Å². The zero-order valence-corrected chi connectivity index (χ0v) is 12.3. The predicted molar refractivity (Wildman–Crippen MR) is 74.0 cm³/mol. The van der Waals surface area contributed by atoms with Gasteiger partial charge in [-0.25, -0.2) is 0 Å². The van der Waals surface area contributed by atoms with Crippen LogP contribution < -0.4 is 0 Å². The van der Waals surface area contributed by atoms with Crippen LogP contribution in [-0.2, 0) is 11.0 Å². The zero-order valence-electron chi connectivity index (χ0n) is 12.3. The summed E-state index contributed by atoms with van der Waals surface area (Å²) in [7, 11) is 0. The Bertz CT molecular complexity index is 488. The van der Waals surface area contributed by atoms with Gasteiger partial charge in [-0.15, -0.1) is 0 Å². The Kier molecular flexibility index (Phi) is 5.78. The molecular weight excluding hydrogens is 283 g/mol. The fourth-order valence-corrected chi connectivity index (χ4v) is 2.36. The van der Waals surface area contributed by atoms with Gasteiger partial charge in [0.2, 0.25) is 0 Å². The molecule has 0 heterocycles. The van der Waals surface area contributed by atoms with Gasteiger partial charge in [0.25, 0.3) is 0 Å². The van der Waals surface area contributed by atoms with Gasteiger partial charge in [-0.2, -0.15) is 13.2 Å². The lowest BCUT2D eigenvalue weighted by Crippen LogP contribution is -2.39. The standard InChI is InChI=1S/C15H20F3NO2/c1-4-10(2)19(9-14(20)21)11(3)12-7-5-6-8-13(12)15(16,17)18/h5-8,10-11H,4,9H2,1-3H3,(H,20,21). The highest BCUT2D eigenvalue weighted by Crippen LogP contribution is 2.36. The molecule has 0 spiro atoms. The van der Waals surface area contributed by atoms with Crippen molar-refractivity contribution in [1.29, 1.82) is 0 Å². The molecule has 0 aliphatic carbocycles. The van der Waals surface area contributed by atoms with Crippen LogP contribution in [0.4, 0.5) is 13.2 Å². The summed E-state index contributed by atoms with van der Waals surface area (Å²) in [5.74, 6) is -1.05. The monoisotopic (exact) mass is 303 g/mol. The van der Waals surface area contributed by atoms with Crippen molar-refractivity contribution >= 4 is 5.97 Å². The highest BCUT2D eigenvalue weighted by Gasteiger charge is 2.36. The summed E-state index contributed by atoms with van der Waals surface area (Å²) < 4.78 is 39.2. The van der Waals surface area contributed by atoms with E-state index in [-0.39, 0.29) is 18.2 Å². The number of carboxylic acids is 1. The van der Waals surface area contributed by atoms with Crippen LogP contribution in [0.5, 0.6) is 0 Å². The number of nitrogens with zero attached hydrogens (tertiary/aromatic N) is 1. The van der Waals surface area contributed by atoms with Crippen LogP contribution in [0.25, 0.3) is 0 Å². The van der Waals surface area contributed by atoms with E-state index in [0.29, 0.717) is 6.42 Å². The van der Waals surface area contributed by atoms with Gasteiger partial charge in [0.15, 0.2) is 0 Å². The largest absolute Gasteiger partial charge is 0.480 e. The molecule has 0 aliphatic heterocycles. The van der Waals surface area contributed by atoms with E-state index in [1.165, 1.54) is 18.2 Å². The average Bonchev–Trinajstić information content (AvgIpc) is 2.42. The molecule has 0 fully saturated rings. The Balaban J connectivity index is 3.20. The number of carboxylic acid groups (broad SMARTS) is 1. The van der Waals surface area contributed by atoms with Crippen molar-refractivity contribution in [2.24, 2.45) is 0 Å². The van der Waals surface area contributed by atoms with E-state index in [4.69, 9.17) is 5.11 Å². The summed E-state index contributed by atoms with van der Waals surface area (Å²) in [6.45, 7) is 5.01. The molecule has 1 rings (SSSR count). The first-order chi connectivity index (χ1) is 9.68. The lowest BCUT2D eigenvalue weighted by atomic mass is 9.98. The highest BCUT2D eigenvalue weighted by atomic mass is 19.4. The minimum absolute atomic E-state index is 0.103. The first kappa shape index (κ1) is 17.5. The van der Waals surface area contributed by atoms with Gasteiger partial charge in [0, 0.05) is 12.1 Å². The zero-order chi connectivity index (χ0) is 16.2. The van der Waals surface area contributed by atoms with Crippen molar-refractivity contribution < 1.29 is 23.1 Å². The van der Waals surface area contributed by atoms with Crippen molar-refractivity contribution in [3.63, 3.8) is 0 Å². The molecule has 6 heteroatoms. The molecule has 1 aromatic rings. The number of benzene rings is 1. The predicted octanol–water partition coefficient (Wildman–Crippen LogP) is 3.95. The van der Waals surface area contributed by atoms with Crippen molar-refractivity contribution in [3.8, 4) is 0 Å². The normalized spacial score (nSPS) is 15.0. The molecule has 3 nitrogen and oxygen atoms in total. The first-order valence-corrected chi connectivity index (χ1v) is 6.82. The first-order valence-electron chi connectivity index (χ1n) is 6.82. The average molecular weight is 303 g/mol. The second-order valence-electron chi connectivity index (χ2n) is 5.08. The van der Waals surface area contributed by atoms with E-state index < -0.39 is 23.8 Å². The summed E-state index contributed by atoms with van der Waals surface area (Å²) in [6, 6.07) is 4.55. The SMILES string of the molecule is CCC(C)N(CC(=O)O)C(C)c1ccccc1C(F)(F)F. The van der Waals surface area contributed by atoms with Crippen LogP contribution in [0, 0.1) is 0 Å². The topological polar surface area (TPSA) is 40.5 Å². The lowest BCUT2D eigenvalue weighted by Gasteiger charge is -2.34. The van der Waals surface area contributed by atoms with Gasteiger partial charge in [0.1, 0.15) is 0 Å². The molecule has 0 radical (unpaired) electrons. The molecular formula is C15H20F3NO2. The molecule has 0 aliphatic rings. The minimum atomic E-state index is -4.45.